The summed E-state index contributed by atoms with van der Waals surface area (Å²) >= 11 is 0. The molecule has 2 aromatic heterocycles. The second-order valence-corrected chi connectivity index (χ2v) is 6.42. The van der Waals surface area contributed by atoms with Crippen molar-refractivity contribution in [3.05, 3.63) is 52.3 Å². The highest BCUT2D eigenvalue weighted by atomic mass is 16.6. The standard InChI is InChI=1S/C19H19N7O5/c1-29-19-22-17(21-18(23-19)25-8-10-30-11-9-25)24-20-12-15-6-7-16(31-15)13-2-4-14(5-3-13)26(27)28/h2-7,12H,8-11H2,1H3,(H,21,22,23,24). The number of furan rings is 1. The first-order valence-corrected chi connectivity index (χ1v) is 9.39. The molecule has 3 heterocycles. The van der Waals surface area contributed by atoms with Crippen molar-refractivity contribution in [1.29, 1.82) is 0 Å². The molecule has 0 bridgehead atoms. The lowest BCUT2D eigenvalue weighted by molar-refractivity contribution is -0.384. The second-order valence-electron chi connectivity index (χ2n) is 6.42. The first kappa shape index (κ1) is 20.2. The quantitative estimate of drug-likeness (QED) is 0.340. The predicted molar refractivity (Wildman–Crippen MR) is 111 cm³/mol. The predicted octanol–water partition coefficient (Wildman–Crippen LogP) is 2.33. The molecular formula is C19H19N7O5. The van der Waals surface area contributed by atoms with E-state index in [-0.39, 0.29) is 17.6 Å². The number of nitrogens with zero attached hydrogens (tertiary/aromatic N) is 6. The van der Waals surface area contributed by atoms with Crippen LogP contribution in [0.1, 0.15) is 5.76 Å². The van der Waals surface area contributed by atoms with Crippen LogP contribution in [0.3, 0.4) is 0 Å². The highest BCUT2D eigenvalue weighted by Gasteiger charge is 2.16. The number of aromatic nitrogens is 3. The topological polar surface area (TPSA) is 141 Å². The van der Waals surface area contributed by atoms with Gasteiger partial charge in [0.2, 0.25) is 5.95 Å². The molecule has 1 saturated heterocycles. The summed E-state index contributed by atoms with van der Waals surface area (Å²) in [5.41, 5.74) is 3.49. The number of nitro benzene ring substituents is 1. The number of methoxy groups -OCH3 is 1. The maximum Gasteiger partial charge on any atom is 0.322 e. The summed E-state index contributed by atoms with van der Waals surface area (Å²) in [6.45, 7) is 2.55. The number of non-ortho nitro benzene ring substituents is 1. The van der Waals surface area contributed by atoms with Crippen LogP contribution < -0.4 is 15.1 Å². The third-order valence-corrected chi connectivity index (χ3v) is 4.43. The Morgan fingerprint density at radius 3 is 2.65 bits per heavy atom. The Kier molecular flexibility index (Phi) is 5.98. The van der Waals surface area contributed by atoms with E-state index in [4.69, 9.17) is 13.9 Å². The largest absolute Gasteiger partial charge is 0.467 e. The van der Waals surface area contributed by atoms with Gasteiger partial charge in [-0.2, -0.15) is 20.1 Å². The average molecular weight is 425 g/mol. The zero-order chi connectivity index (χ0) is 21.6. The number of ether oxygens (including phenoxy) is 2. The summed E-state index contributed by atoms with van der Waals surface area (Å²) < 4.78 is 16.2. The molecule has 31 heavy (non-hydrogen) atoms. The molecule has 1 fully saturated rings. The van der Waals surface area contributed by atoms with Crippen LogP contribution in [0.25, 0.3) is 11.3 Å². The molecule has 1 N–H and O–H groups in total. The number of rotatable bonds is 7. The first-order valence-electron chi connectivity index (χ1n) is 9.39. The fourth-order valence-electron chi connectivity index (χ4n) is 2.87. The second kappa shape index (κ2) is 9.17. The van der Waals surface area contributed by atoms with E-state index in [1.807, 2.05) is 4.90 Å². The van der Waals surface area contributed by atoms with E-state index < -0.39 is 4.92 Å². The molecule has 1 aliphatic heterocycles. The smallest absolute Gasteiger partial charge is 0.322 e. The molecule has 0 unspecified atom stereocenters. The molecule has 0 radical (unpaired) electrons. The minimum Gasteiger partial charge on any atom is -0.467 e. The number of nitro groups is 1. The van der Waals surface area contributed by atoms with Gasteiger partial charge in [-0.3, -0.25) is 10.1 Å². The van der Waals surface area contributed by atoms with Gasteiger partial charge in [-0.25, -0.2) is 5.43 Å². The Balaban J connectivity index is 1.44. The Hall–Kier alpha value is -4.06. The summed E-state index contributed by atoms with van der Waals surface area (Å²) in [5, 5.41) is 14.9. The van der Waals surface area contributed by atoms with E-state index in [0.717, 1.165) is 5.56 Å². The zero-order valence-electron chi connectivity index (χ0n) is 16.6. The van der Waals surface area contributed by atoms with Crippen molar-refractivity contribution in [2.24, 2.45) is 5.10 Å². The van der Waals surface area contributed by atoms with Crippen molar-refractivity contribution in [2.45, 2.75) is 0 Å². The van der Waals surface area contributed by atoms with E-state index in [9.17, 15) is 10.1 Å². The highest BCUT2D eigenvalue weighted by Crippen LogP contribution is 2.24. The maximum atomic E-state index is 10.8. The molecule has 12 nitrogen and oxygen atoms in total. The fraction of sp³-hybridized carbons (Fsp3) is 0.263. The molecule has 3 aromatic rings. The van der Waals surface area contributed by atoms with E-state index in [1.54, 1.807) is 24.3 Å². The summed E-state index contributed by atoms with van der Waals surface area (Å²) in [4.78, 5) is 25.1. The van der Waals surface area contributed by atoms with Crippen LogP contribution in [0.15, 0.2) is 45.9 Å². The number of nitrogens with one attached hydrogen (secondary N) is 1. The fourth-order valence-corrected chi connectivity index (χ4v) is 2.87. The molecule has 1 aromatic carbocycles. The minimum atomic E-state index is -0.448. The van der Waals surface area contributed by atoms with Crippen molar-refractivity contribution < 1.29 is 18.8 Å². The third-order valence-electron chi connectivity index (χ3n) is 4.43. The highest BCUT2D eigenvalue weighted by molar-refractivity contribution is 5.78. The van der Waals surface area contributed by atoms with Gasteiger partial charge in [0.15, 0.2) is 0 Å². The lowest BCUT2D eigenvalue weighted by atomic mass is 10.1. The van der Waals surface area contributed by atoms with Crippen molar-refractivity contribution in [3.63, 3.8) is 0 Å². The van der Waals surface area contributed by atoms with Gasteiger partial charge in [-0.15, -0.1) is 0 Å². The van der Waals surface area contributed by atoms with E-state index in [2.05, 4.69) is 25.5 Å². The lowest BCUT2D eigenvalue weighted by Gasteiger charge is -2.26. The Morgan fingerprint density at radius 2 is 1.94 bits per heavy atom. The molecule has 0 saturated carbocycles. The van der Waals surface area contributed by atoms with Gasteiger partial charge in [0, 0.05) is 30.8 Å². The van der Waals surface area contributed by atoms with Crippen molar-refractivity contribution in [1.82, 2.24) is 15.0 Å². The Bertz CT molecular complexity index is 1080. The number of hydrogen-bond donors (Lipinski definition) is 1. The molecule has 0 amide bonds. The van der Waals surface area contributed by atoms with Gasteiger partial charge in [-0.1, -0.05) is 0 Å². The molecule has 1 aliphatic rings. The van der Waals surface area contributed by atoms with Crippen LogP contribution in [-0.4, -0.2) is 59.5 Å². The SMILES string of the molecule is COc1nc(NN=Cc2ccc(-c3ccc([N+](=O)[O-])cc3)o2)nc(N2CCOCC2)n1. The van der Waals surface area contributed by atoms with Gasteiger partial charge in [0.25, 0.3) is 11.6 Å². The van der Waals surface area contributed by atoms with Crippen molar-refractivity contribution in [3.8, 4) is 17.3 Å². The lowest BCUT2D eigenvalue weighted by Crippen LogP contribution is -2.37. The van der Waals surface area contributed by atoms with Gasteiger partial charge >= 0.3 is 6.01 Å². The van der Waals surface area contributed by atoms with Crippen LogP contribution in [0.2, 0.25) is 0 Å². The number of benzene rings is 1. The number of anilines is 2. The van der Waals surface area contributed by atoms with E-state index in [1.165, 1.54) is 25.5 Å². The Labute approximate surface area is 176 Å². The van der Waals surface area contributed by atoms with Gasteiger partial charge in [-0.05, 0) is 24.3 Å². The molecule has 0 atom stereocenters. The monoisotopic (exact) mass is 425 g/mol. The summed E-state index contributed by atoms with van der Waals surface area (Å²) in [5.74, 6) is 1.75. The number of hydrogen-bond acceptors (Lipinski definition) is 11. The Morgan fingerprint density at radius 1 is 1.16 bits per heavy atom. The van der Waals surface area contributed by atoms with Gasteiger partial charge < -0.3 is 18.8 Å². The molecule has 12 heteroatoms. The van der Waals surface area contributed by atoms with E-state index in [0.29, 0.717) is 43.8 Å². The summed E-state index contributed by atoms with van der Waals surface area (Å²) in [6, 6.07) is 9.76. The summed E-state index contributed by atoms with van der Waals surface area (Å²) in [6.07, 6.45) is 1.47. The molecule has 0 aliphatic carbocycles. The van der Waals surface area contributed by atoms with Crippen LogP contribution in [-0.2, 0) is 4.74 Å². The van der Waals surface area contributed by atoms with Crippen molar-refractivity contribution in [2.75, 3.05) is 43.7 Å². The van der Waals surface area contributed by atoms with Crippen LogP contribution in [0, 0.1) is 10.1 Å². The maximum absolute atomic E-state index is 10.8. The average Bonchev–Trinajstić information content (AvgIpc) is 3.28. The normalized spacial score (nSPS) is 14.0. The number of morpholine rings is 1. The molecular weight excluding hydrogens is 406 g/mol. The molecule has 4 rings (SSSR count). The van der Waals surface area contributed by atoms with Crippen LogP contribution in [0.5, 0.6) is 6.01 Å². The third kappa shape index (κ3) is 4.93. The minimum absolute atomic E-state index is 0.0190. The molecule has 0 spiro atoms. The first-order chi connectivity index (χ1) is 15.1. The number of hydrazone groups is 1. The van der Waals surface area contributed by atoms with Gasteiger partial charge in [0.1, 0.15) is 11.5 Å². The summed E-state index contributed by atoms with van der Waals surface area (Å²) in [7, 11) is 1.48. The van der Waals surface area contributed by atoms with E-state index >= 15 is 0 Å². The van der Waals surface area contributed by atoms with Crippen molar-refractivity contribution >= 4 is 23.8 Å². The zero-order valence-corrected chi connectivity index (χ0v) is 16.6. The molecule has 160 valence electrons. The van der Waals surface area contributed by atoms with Crippen LogP contribution >= 0.6 is 0 Å². The van der Waals surface area contributed by atoms with Crippen LogP contribution in [0.4, 0.5) is 17.6 Å². The van der Waals surface area contributed by atoms with Gasteiger partial charge in [0.05, 0.1) is 31.5 Å².